The fourth-order valence-corrected chi connectivity index (χ4v) is 2.79. The summed E-state index contributed by atoms with van der Waals surface area (Å²) in [5.74, 6) is 0.911. The number of guanidine groups is 1. The van der Waals surface area contributed by atoms with Crippen LogP contribution in [0.15, 0.2) is 16.4 Å². The molecule has 120 valence electrons. The molecule has 1 rings (SSSR count). The van der Waals surface area contributed by atoms with Crippen LogP contribution in [-0.4, -0.2) is 44.1 Å². The summed E-state index contributed by atoms with van der Waals surface area (Å²) in [7, 11) is 2.18. The number of aryl methyl sites for hydroxylation is 1. The van der Waals surface area contributed by atoms with E-state index in [1.165, 1.54) is 29.8 Å². The molecule has 0 aliphatic rings. The third kappa shape index (κ3) is 7.48. The quantitative estimate of drug-likeness (QED) is 0.544. The SMILES string of the molecule is CCCCN(C)CCNC(=NCc1sccc1C)NCC. The van der Waals surface area contributed by atoms with Gasteiger partial charge in [0.2, 0.25) is 0 Å². The number of nitrogens with zero attached hydrogens (tertiary/aromatic N) is 2. The zero-order chi connectivity index (χ0) is 15.5. The van der Waals surface area contributed by atoms with Gasteiger partial charge in [0.1, 0.15) is 0 Å². The van der Waals surface area contributed by atoms with Crippen molar-refractivity contribution in [3.8, 4) is 0 Å². The second-order valence-corrected chi connectivity index (χ2v) is 6.31. The van der Waals surface area contributed by atoms with Crippen molar-refractivity contribution in [2.45, 2.75) is 40.2 Å². The van der Waals surface area contributed by atoms with E-state index in [2.05, 4.69) is 59.8 Å². The zero-order valence-electron chi connectivity index (χ0n) is 13.9. The van der Waals surface area contributed by atoms with Crippen molar-refractivity contribution >= 4 is 17.3 Å². The van der Waals surface area contributed by atoms with E-state index in [-0.39, 0.29) is 0 Å². The molecule has 0 saturated carbocycles. The lowest BCUT2D eigenvalue weighted by molar-refractivity contribution is 0.332. The molecule has 0 amide bonds. The fourth-order valence-electron chi connectivity index (χ4n) is 1.96. The highest BCUT2D eigenvalue weighted by molar-refractivity contribution is 7.10. The third-order valence-electron chi connectivity index (χ3n) is 3.37. The van der Waals surface area contributed by atoms with Crippen molar-refractivity contribution in [1.82, 2.24) is 15.5 Å². The van der Waals surface area contributed by atoms with E-state index in [9.17, 15) is 0 Å². The first-order valence-electron chi connectivity index (χ1n) is 7.91. The Labute approximate surface area is 133 Å². The van der Waals surface area contributed by atoms with Gasteiger partial charge in [0.05, 0.1) is 6.54 Å². The van der Waals surface area contributed by atoms with Gasteiger partial charge in [-0.05, 0) is 50.9 Å². The summed E-state index contributed by atoms with van der Waals surface area (Å²) in [5.41, 5.74) is 1.33. The number of hydrogen-bond donors (Lipinski definition) is 2. The van der Waals surface area contributed by atoms with Crippen LogP contribution in [0.3, 0.4) is 0 Å². The number of likely N-dealkylation sites (N-methyl/N-ethyl adjacent to an activating group) is 1. The van der Waals surface area contributed by atoms with E-state index in [4.69, 9.17) is 0 Å². The Hall–Kier alpha value is -1.07. The van der Waals surface area contributed by atoms with E-state index in [0.717, 1.165) is 32.1 Å². The summed E-state index contributed by atoms with van der Waals surface area (Å²) in [6, 6.07) is 2.15. The van der Waals surface area contributed by atoms with Crippen LogP contribution >= 0.6 is 11.3 Å². The van der Waals surface area contributed by atoms with Crippen LogP contribution in [0.25, 0.3) is 0 Å². The standard InChI is InChI=1S/C16H30N4S/c1-5-7-10-20(4)11-9-18-16(17-6-2)19-13-15-14(3)8-12-21-15/h8,12H,5-7,9-11,13H2,1-4H3,(H2,17,18,19). The molecule has 0 aliphatic heterocycles. The highest BCUT2D eigenvalue weighted by Gasteiger charge is 2.02. The van der Waals surface area contributed by atoms with E-state index >= 15 is 0 Å². The predicted octanol–water partition coefficient (Wildman–Crippen LogP) is 2.84. The molecule has 0 bridgehead atoms. The first-order chi connectivity index (χ1) is 10.2. The summed E-state index contributed by atoms with van der Waals surface area (Å²) in [6.07, 6.45) is 2.52. The molecule has 0 spiro atoms. The zero-order valence-corrected chi connectivity index (χ0v) is 14.7. The smallest absolute Gasteiger partial charge is 0.191 e. The largest absolute Gasteiger partial charge is 0.357 e. The normalized spacial score (nSPS) is 12.0. The predicted molar refractivity (Wildman–Crippen MR) is 94.3 cm³/mol. The Morgan fingerprint density at radius 1 is 1.29 bits per heavy atom. The Bertz CT molecular complexity index is 414. The van der Waals surface area contributed by atoms with Crippen LogP contribution in [0.5, 0.6) is 0 Å². The number of unbranched alkanes of at least 4 members (excludes halogenated alkanes) is 1. The lowest BCUT2D eigenvalue weighted by Crippen LogP contribution is -2.41. The van der Waals surface area contributed by atoms with Crippen molar-refractivity contribution < 1.29 is 0 Å². The molecule has 0 saturated heterocycles. The molecule has 0 unspecified atom stereocenters. The minimum atomic E-state index is 0.754. The molecule has 1 heterocycles. The molecular formula is C16H30N4S. The molecular weight excluding hydrogens is 280 g/mol. The topological polar surface area (TPSA) is 39.7 Å². The number of hydrogen-bond acceptors (Lipinski definition) is 3. The van der Waals surface area contributed by atoms with Gasteiger partial charge in [-0.3, -0.25) is 0 Å². The minimum absolute atomic E-state index is 0.754. The van der Waals surface area contributed by atoms with Crippen LogP contribution in [0.4, 0.5) is 0 Å². The van der Waals surface area contributed by atoms with Crippen molar-refractivity contribution in [2.24, 2.45) is 4.99 Å². The minimum Gasteiger partial charge on any atom is -0.357 e. The van der Waals surface area contributed by atoms with Gasteiger partial charge in [0, 0.05) is 24.5 Å². The molecule has 1 aromatic rings. The van der Waals surface area contributed by atoms with E-state index in [0.29, 0.717) is 0 Å². The van der Waals surface area contributed by atoms with Gasteiger partial charge in [-0.25, -0.2) is 4.99 Å². The number of nitrogens with one attached hydrogen (secondary N) is 2. The molecule has 2 N–H and O–H groups in total. The highest BCUT2D eigenvalue weighted by Crippen LogP contribution is 2.16. The van der Waals surface area contributed by atoms with E-state index in [1.807, 2.05) is 0 Å². The second-order valence-electron chi connectivity index (χ2n) is 5.31. The van der Waals surface area contributed by atoms with E-state index in [1.54, 1.807) is 11.3 Å². The summed E-state index contributed by atoms with van der Waals surface area (Å²) in [5, 5.41) is 8.85. The van der Waals surface area contributed by atoms with Crippen molar-refractivity contribution in [1.29, 1.82) is 0 Å². The number of thiophene rings is 1. The molecule has 0 aliphatic carbocycles. The molecule has 21 heavy (non-hydrogen) atoms. The lowest BCUT2D eigenvalue weighted by atomic mass is 10.3. The molecule has 4 nitrogen and oxygen atoms in total. The third-order valence-corrected chi connectivity index (χ3v) is 4.38. The lowest BCUT2D eigenvalue weighted by Gasteiger charge is -2.17. The van der Waals surface area contributed by atoms with Crippen molar-refractivity contribution in [2.75, 3.05) is 33.2 Å². The summed E-state index contributed by atoms with van der Waals surface area (Å²) in [4.78, 5) is 8.37. The second kappa shape index (κ2) is 10.6. The summed E-state index contributed by atoms with van der Waals surface area (Å²) < 4.78 is 0. The molecule has 5 heteroatoms. The first-order valence-corrected chi connectivity index (χ1v) is 8.79. The highest BCUT2D eigenvalue weighted by atomic mass is 32.1. The van der Waals surface area contributed by atoms with E-state index < -0.39 is 0 Å². The van der Waals surface area contributed by atoms with Crippen molar-refractivity contribution in [3.63, 3.8) is 0 Å². The van der Waals surface area contributed by atoms with Crippen LogP contribution in [-0.2, 0) is 6.54 Å². The maximum atomic E-state index is 4.66. The van der Waals surface area contributed by atoms with Crippen LogP contribution < -0.4 is 10.6 Å². The monoisotopic (exact) mass is 310 g/mol. The number of rotatable bonds is 9. The van der Waals surface area contributed by atoms with Crippen LogP contribution in [0.2, 0.25) is 0 Å². The molecule has 0 aromatic carbocycles. The Morgan fingerprint density at radius 2 is 2.10 bits per heavy atom. The molecule has 0 radical (unpaired) electrons. The summed E-state index contributed by atoms with van der Waals surface area (Å²) in [6.45, 7) is 11.3. The van der Waals surface area contributed by atoms with Crippen molar-refractivity contribution in [3.05, 3.63) is 21.9 Å². The van der Waals surface area contributed by atoms with Gasteiger partial charge in [0.25, 0.3) is 0 Å². The maximum absolute atomic E-state index is 4.66. The molecule has 0 atom stereocenters. The molecule has 1 aromatic heterocycles. The maximum Gasteiger partial charge on any atom is 0.191 e. The molecule has 0 fully saturated rings. The first kappa shape index (κ1) is 18.0. The summed E-state index contributed by atoms with van der Waals surface area (Å²) >= 11 is 1.78. The van der Waals surface area contributed by atoms with Gasteiger partial charge < -0.3 is 15.5 Å². The van der Waals surface area contributed by atoms with Gasteiger partial charge in [-0.15, -0.1) is 11.3 Å². The fraction of sp³-hybridized carbons (Fsp3) is 0.688. The average molecular weight is 311 g/mol. The Balaban J connectivity index is 2.37. The average Bonchev–Trinajstić information content (AvgIpc) is 2.88. The van der Waals surface area contributed by atoms with Gasteiger partial charge in [-0.1, -0.05) is 13.3 Å². The van der Waals surface area contributed by atoms with Gasteiger partial charge >= 0.3 is 0 Å². The number of aliphatic imine (C=N–C) groups is 1. The van der Waals surface area contributed by atoms with Crippen LogP contribution in [0.1, 0.15) is 37.1 Å². The van der Waals surface area contributed by atoms with Gasteiger partial charge in [0.15, 0.2) is 5.96 Å². The Kier molecular flexibility index (Phi) is 9.10. The van der Waals surface area contributed by atoms with Gasteiger partial charge in [-0.2, -0.15) is 0 Å². The Morgan fingerprint density at radius 3 is 2.71 bits per heavy atom. The van der Waals surface area contributed by atoms with Crippen LogP contribution in [0, 0.1) is 6.92 Å².